The van der Waals surface area contributed by atoms with Crippen LogP contribution in [0.25, 0.3) is 42.8 Å². The molecule has 0 bridgehead atoms. The van der Waals surface area contributed by atoms with Crippen molar-refractivity contribution in [2.75, 3.05) is 30.5 Å². The van der Waals surface area contributed by atoms with E-state index in [2.05, 4.69) is 168 Å². The minimum Gasteiger partial charge on any atom is -0.466 e. The van der Waals surface area contributed by atoms with Gasteiger partial charge in [0.1, 0.15) is 5.33 Å². The number of hydrogen-bond donors (Lipinski definition) is 3. The third-order valence-electron chi connectivity index (χ3n) is 11.3. The number of sulfonamides is 1. The number of esters is 3. The van der Waals surface area contributed by atoms with Crippen LogP contribution in [0.1, 0.15) is 42.2 Å². The fourth-order valence-corrected chi connectivity index (χ4v) is 13.3. The fourth-order valence-electron chi connectivity index (χ4n) is 7.72. The number of ether oxygens (including phenoxy) is 3. The SMILES string of the molecule is CC(=O)Nc1ccc(S(=O)(=O)N=[N+]=[N-])cc1.CCOC(=O)C(=O)c1cccs1.CCOC(=O)CBr.CCOC(=O)Cc1cccs1.OB(O)c1cccs1.c1ccc2c(P(c3cccc4ccccc34)c3cccc4ccccc34)cccc2c1. The van der Waals surface area contributed by atoms with Crippen molar-refractivity contribution in [3.05, 3.63) is 224 Å². The summed E-state index contributed by atoms with van der Waals surface area (Å²) in [6.45, 7) is 7.75. The minimum atomic E-state index is -3.96. The molecule has 0 saturated carbocycles. The van der Waals surface area contributed by atoms with E-state index in [9.17, 15) is 32.4 Å². The summed E-state index contributed by atoms with van der Waals surface area (Å²) in [6, 6.07) is 62.6. The van der Waals surface area contributed by atoms with E-state index in [-0.39, 0.29) is 29.3 Å². The van der Waals surface area contributed by atoms with Crippen LogP contribution in [0, 0.1) is 0 Å². The highest BCUT2D eigenvalue weighted by Crippen LogP contribution is 2.40. The smallest absolute Gasteiger partial charge is 0.466 e. The Morgan fingerprint density at radius 2 is 1.05 bits per heavy atom. The summed E-state index contributed by atoms with van der Waals surface area (Å²) in [5.74, 6) is -1.95. The van der Waals surface area contributed by atoms with Crippen molar-refractivity contribution in [3.8, 4) is 0 Å². The van der Waals surface area contributed by atoms with Crippen molar-refractivity contribution in [2.24, 2.45) is 4.52 Å². The predicted octanol–water partition coefficient (Wildman–Crippen LogP) is 12.3. The number of amides is 1. The molecule has 0 saturated heterocycles. The van der Waals surface area contributed by atoms with Crippen LogP contribution in [0.3, 0.4) is 0 Å². The van der Waals surface area contributed by atoms with Crippen molar-refractivity contribution in [3.63, 3.8) is 0 Å². The number of halogens is 1. The van der Waals surface area contributed by atoms with E-state index in [0.29, 0.717) is 40.3 Å². The van der Waals surface area contributed by atoms with E-state index in [1.54, 1.807) is 60.2 Å². The number of Topliss-reactive ketones (excluding diaryl/α,β-unsaturated/α-hetero) is 1. The van der Waals surface area contributed by atoms with Gasteiger partial charge in [-0.15, -0.1) is 22.7 Å². The molecule has 0 aliphatic heterocycles. The Bertz CT molecular complexity index is 3700. The lowest BCUT2D eigenvalue weighted by molar-refractivity contribution is -0.142. The molecule has 7 aromatic carbocycles. The molecule has 0 aliphatic rings. The molecule has 0 atom stereocenters. The number of thiophene rings is 3. The number of fused-ring (bicyclic) bond motifs is 3. The number of azide groups is 1. The zero-order valence-electron chi connectivity index (χ0n) is 46.5. The molecule has 10 rings (SSSR count). The van der Waals surface area contributed by atoms with Gasteiger partial charge in [0.2, 0.25) is 5.91 Å². The molecule has 1 amide bonds. The molecule has 16 nitrogen and oxygen atoms in total. The average Bonchev–Trinajstić information content (AvgIpc) is 2.40. The Balaban J connectivity index is 0.000000207. The zero-order valence-corrected chi connectivity index (χ0v) is 52.3. The Morgan fingerprint density at radius 3 is 1.44 bits per heavy atom. The average molecular weight is 1300 g/mol. The van der Waals surface area contributed by atoms with Crippen LogP contribution in [0.15, 0.2) is 214 Å². The maximum atomic E-state index is 11.3. The summed E-state index contributed by atoms with van der Waals surface area (Å²) in [5, 5.41) is 37.4. The van der Waals surface area contributed by atoms with Crippen molar-refractivity contribution in [1.29, 1.82) is 0 Å². The van der Waals surface area contributed by atoms with Gasteiger partial charge >= 0.3 is 25.0 Å². The van der Waals surface area contributed by atoms with E-state index < -0.39 is 36.8 Å². The highest BCUT2D eigenvalue weighted by atomic mass is 79.9. The molecule has 23 heteroatoms. The summed E-state index contributed by atoms with van der Waals surface area (Å²) in [6.07, 6.45) is 0.408. The number of hydrogen-bond acceptors (Lipinski definition) is 15. The van der Waals surface area contributed by atoms with E-state index in [0.717, 1.165) is 4.88 Å². The van der Waals surface area contributed by atoms with Crippen molar-refractivity contribution in [1.82, 2.24) is 0 Å². The second-order valence-electron chi connectivity index (χ2n) is 17.1. The molecule has 3 aromatic heterocycles. The number of anilines is 1. The number of nitrogens with zero attached hydrogens (tertiary/aromatic N) is 3. The van der Waals surface area contributed by atoms with Crippen molar-refractivity contribution >= 4 is 163 Å². The molecule has 0 aliphatic carbocycles. The van der Waals surface area contributed by atoms with Crippen LogP contribution in [0.5, 0.6) is 0 Å². The first-order chi connectivity index (χ1) is 41.0. The van der Waals surface area contributed by atoms with Crippen LogP contribution < -0.4 is 26.0 Å². The van der Waals surface area contributed by atoms with E-state index in [1.807, 2.05) is 24.4 Å². The largest absolute Gasteiger partial charge is 0.499 e. The fraction of sp³-hybridized carbons (Fsp3) is 0.145. The second kappa shape index (κ2) is 36.1. The van der Waals surface area contributed by atoms with Crippen LogP contribution in [-0.4, -0.2) is 80.3 Å². The van der Waals surface area contributed by atoms with E-state index in [4.69, 9.17) is 20.3 Å². The van der Waals surface area contributed by atoms with Gasteiger partial charge in [0.05, 0.1) is 36.0 Å². The maximum Gasteiger partial charge on any atom is 0.499 e. The van der Waals surface area contributed by atoms with Crippen LogP contribution in [-0.2, 0) is 49.8 Å². The molecule has 3 N–H and O–H groups in total. The van der Waals surface area contributed by atoms with Gasteiger partial charge in [-0.05, 0) is 135 Å². The Morgan fingerprint density at radius 1 is 0.588 bits per heavy atom. The van der Waals surface area contributed by atoms with Gasteiger partial charge in [-0.25, -0.2) is 13.2 Å². The van der Waals surface area contributed by atoms with E-state index >= 15 is 0 Å². The van der Waals surface area contributed by atoms with Gasteiger partial charge < -0.3 is 29.6 Å². The highest BCUT2D eigenvalue weighted by Gasteiger charge is 2.23. The van der Waals surface area contributed by atoms with Gasteiger partial charge in [-0.3, -0.25) is 19.2 Å². The third-order valence-corrected chi connectivity index (χ3v) is 18.1. The summed E-state index contributed by atoms with van der Waals surface area (Å²) in [5.41, 5.74) is 8.52. The maximum absolute atomic E-state index is 11.3. The van der Waals surface area contributed by atoms with Gasteiger partial charge in [0.25, 0.3) is 15.8 Å². The number of carbonyl (C=O) groups is 5. The first-order valence-electron chi connectivity index (χ1n) is 26.0. The number of rotatable bonds is 15. The minimum absolute atomic E-state index is 0.126. The molecular formula is C62H59BBrN4O12PS4. The molecular weight excluding hydrogens is 1240 g/mol. The van der Waals surface area contributed by atoms with Crippen molar-refractivity contribution < 1.29 is 56.6 Å². The lowest BCUT2D eigenvalue weighted by atomic mass is 9.90. The lowest BCUT2D eigenvalue weighted by Gasteiger charge is -2.24. The van der Waals surface area contributed by atoms with Crippen LogP contribution in [0.4, 0.5) is 5.69 Å². The molecule has 0 radical (unpaired) electrons. The summed E-state index contributed by atoms with van der Waals surface area (Å²) < 4.78 is 39.6. The quantitative estimate of drug-likeness (QED) is 0.00828. The molecule has 85 heavy (non-hydrogen) atoms. The summed E-state index contributed by atoms with van der Waals surface area (Å²) in [7, 11) is -6.00. The van der Waals surface area contributed by atoms with Crippen LogP contribution >= 0.6 is 57.9 Å². The number of ketones is 1. The molecule has 0 fully saturated rings. The Hall–Kier alpha value is -7.88. The number of alkyl halides is 1. The second-order valence-corrected chi connectivity index (χ2v) is 24.3. The normalized spacial score (nSPS) is 10.3. The standard InChI is InChI=1S/C30H21P.C8H8N4O3S.C8H8O3S.C8H10O2S.C4H5BO2S.C4H7BrO2/c1-4-16-25-22(10-1)13-7-19-28(25)31(29-20-8-14-23-11-2-5-17-26(23)29)30-21-9-15-24-12-3-6-18-27(24)30;1-6(13)10-7-2-4-8(5-3-7)16(14,15)12-11-9;1-2-11-8(10)7(9)6-4-3-5-12-6;1-2-10-8(9)6-7-4-3-5-11-7;6-5(7)4-2-1-3-8-4;1-2-7-4(6)3-5/h1-21H;2-5H,1H3,(H,10,13);3-5H,2H2,1H3;3-5H,2,6H2,1H3;1-3,6-7H;2-3H2,1H3. The van der Waals surface area contributed by atoms with Crippen molar-refractivity contribution in [2.45, 2.75) is 39.0 Å². The third kappa shape index (κ3) is 21.6. The molecule has 438 valence electrons. The topological polar surface area (TPSA) is 248 Å². The first kappa shape index (κ1) is 67.9. The number of nitrogens with one attached hydrogen (secondary N) is 1. The van der Waals surface area contributed by atoms with Gasteiger partial charge in [0.15, 0.2) is 0 Å². The summed E-state index contributed by atoms with van der Waals surface area (Å²) in [4.78, 5) is 57.3. The zero-order chi connectivity index (χ0) is 61.6. The first-order valence-corrected chi connectivity index (χ1v) is 32.6. The monoisotopic (exact) mass is 1300 g/mol. The highest BCUT2D eigenvalue weighted by molar-refractivity contribution is 9.09. The molecule has 10 aromatic rings. The number of benzene rings is 7. The lowest BCUT2D eigenvalue weighted by Crippen LogP contribution is -2.26. The molecule has 0 spiro atoms. The van der Waals surface area contributed by atoms with Crippen LogP contribution in [0.2, 0.25) is 0 Å². The number of carbonyl (C=O) groups excluding carboxylic acids is 5. The Labute approximate surface area is 514 Å². The summed E-state index contributed by atoms with van der Waals surface area (Å²) >= 11 is 7.08. The predicted molar refractivity (Wildman–Crippen MR) is 349 cm³/mol. The van der Waals surface area contributed by atoms with Gasteiger partial charge in [-0.1, -0.05) is 168 Å². The molecule has 0 unspecified atom stereocenters. The Kier molecular flexibility index (Phi) is 28.8. The van der Waals surface area contributed by atoms with E-state index in [1.165, 1.54) is 102 Å². The van der Waals surface area contributed by atoms with Gasteiger partial charge in [-0.2, -0.15) is 11.3 Å². The molecule has 3 heterocycles. The van der Waals surface area contributed by atoms with Gasteiger partial charge in [0, 0.05) is 31.7 Å².